The maximum atomic E-state index is 14.8. The summed E-state index contributed by atoms with van der Waals surface area (Å²) in [6.45, 7) is -1.15. The van der Waals surface area contributed by atoms with E-state index in [0.717, 1.165) is 48.8 Å². The number of rotatable bonds is 6. The molecule has 4 aromatic rings. The van der Waals surface area contributed by atoms with Gasteiger partial charge in [-0.05, 0) is 42.0 Å². The fraction of sp³-hybridized carbons (Fsp3) is 0.231. The standard InChI is InChI=1S/C26H18F7N5O3/c27-16-7-5-14(6-8-16)20-21-18(23(13-41-21,25(28,29)30)38-10-9-35-37-38)11-19(36-20)24(40,26(31,32)33)12-15-3-1-2-4-17(15)22(34)39/h1-11,40H,12-13H2,(H2,34,39)/t23-,24-/m0/s1. The predicted octanol–water partition coefficient (Wildman–Crippen LogP) is 4.27. The van der Waals surface area contributed by atoms with Gasteiger partial charge in [0, 0.05) is 29.3 Å². The lowest BCUT2D eigenvalue weighted by Crippen LogP contribution is -2.51. The number of nitrogens with zero attached hydrogens (tertiary/aromatic N) is 4. The molecule has 3 N–H and O–H groups in total. The molecule has 2 aromatic carbocycles. The quantitative estimate of drug-likeness (QED) is 0.329. The molecule has 0 bridgehead atoms. The minimum Gasteiger partial charge on any atom is -0.488 e. The molecule has 0 fully saturated rings. The first-order chi connectivity index (χ1) is 19.2. The lowest BCUT2D eigenvalue weighted by molar-refractivity contribution is -0.267. The second-order valence-electron chi connectivity index (χ2n) is 9.29. The summed E-state index contributed by atoms with van der Waals surface area (Å²) in [6, 6.07) is 9.37. The minimum atomic E-state index is -5.52. The van der Waals surface area contributed by atoms with Crippen molar-refractivity contribution in [3.05, 3.63) is 95.2 Å². The van der Waals surface area contributed by atoms with E-state index in [2.05, 4.69) is 15.3 Å². The van der Waals surface area contributed by atoms with Crippen molar-refractivity contribution in [2.45, 2.75) is 29.9 Å². The highest BCUT2D eigenvalue weighted by molar-refractivity contribution is 5.94. The Morgan fingerprint density at radius 2 is 1.76 bits per heavy atom. The summed E-state index contributed by atoms with van der Waals surface area (Å²) in [5, 5.41) is 18.1. The fourth-order valence-electron chi connectivity index (χ4n) is 4.75. The maximum Gasteiger partial charge on any atom is 0.423 e. The van der Waals surface area contributed by atoms with Crippen LogP contribution in [0.2, 0.25) is 0 Å². The number of carbonyl (C=O) groups is 1. The summed E-state index contributed by atoms with van der Waals surface area (Å²) in [7, 11) is 0. The molecule has 3 heterocycles. The third-order valence-electron chi connectivity index (χ3n) is 6.87. The summed E-state index contributed by atoms with van der Waals surface area (Å²) >= 11 is 0. The number of aromatic nitrogens is 4. The molecule has 1 aliphatic heterocycles. The molecular formula is C26H18F7N5O3. The van der Waals surface area contributed by atoms with Crippen molar-refractivity contribution in [2.75, 3.05) is 6.61 Å². The van der Waals surface area contributed by atoms with Gasteiger partial charge in [-0.2, -0.15) is 26.3 Å². The van der Waals surface area contributed by atoms with Crippen LogP contribution in [0.3, 0.4) is 0 Å². The number of amides is 1. The molecule has 5 rings (SSSR count). The lowest BCUT2D eigenvalue weighted by atomic mass is 9.84. The normalized spacial score (nSPS) is 18.4. The van der Waals surface area contributed by atoms with E-state index < -0.39 is 70.9 Å². The van der Waals surface area contributed by atoms with E-state index in [1.54, 1.807) is 0 Å². The second-order valence-corrected chi connectivity index (χ2v) is 9.29. The number of nitrogens with two attached hydrogens (primary N) is 1. The zero-order valence-electron chi connectivity index (χ0n) is 20.5. The monoisotopic (exact) mass is 581 g/mol. The van der Waals surface area contributed by atoms with Crippen LogP contribution in [0.25, 0.3) is 11.3 Å². The lowest BCUT2D eigenvalue weighted by Gasteiger charge is -2.33. The smallest absolute Gasteiger partial charge is 0.423 e. The topological polar surface area (TPSA) is 116 Å². The van der Waals surface area contributed by atoms with Gasteiger partial charge in [-0.15, -0.1) is 5.10 Å². The van der Waals surface area contributed by atoms with Gasteiger partial charge >= 0.3 is 12.4 Å². The number of pyridine rings is 1. The van der Waals surface area contributed by atoms with Crippen LogP contribution in [0.15, 0.2) is 67.0 Å². The SMILES string of the molecule is NC(=O)c1ccccc1C[C@](O)(c1cc2c(c(-c3ccc(F)cc3)n1)OC[C@@]2(n1ccnn1)C(F)(F)F)C(F)(F)F. The first-order valence-corrected chi connectivity index (χ1v) is 11.7. The zero-order chi connectivity index (χ0) is 29.8. The third kappa shape index (κ3) is 4.45. The van der Waals surface area contributed by atoms with Gasteiger partial charge in [-0.1, -0.05) is 23.4 Å². The minimum absolute atomic E-state index is 0.0943. The number of primary amides is 1. The third-order valence-corrected chi connectivity index (χ3v) is 6.87. The second kappa shape index (κ2) is 9.54. The molecule has 214 valence electrons. The molecule has 8 nitrogen and oxygen atoms in total. The predicted molar refractivity (Wildman–Crippen MR) is 127 cm³/mol. The van der Waals surface area contributed by atoms with Crippen molar-refractivity contribution in [2.24, 2.45) is 5.73 Å². The van der Waals surface area contributed by atoms with Crippen molar-refractivity contribution in [1.29, 1.82) is 0 Å². The van der Waals surface area contributed by atoms with Crippen LogP contribution in [0.4, 0.5) is 30.7 Å². The van der Waals surface area contributed by atoms with Crippen molar-refractivity contribution in [3.8, 4) is 17.0 Å². The number of carbonyl (C=O) groups excluding carboxylic acids is 1. The molecule has 15 heteroatoms. The Kier molecular flexibility index (Phi) is 6.52. The van der Waals surface area contributed by atoms with Crippen molar-refractivity contribution < 1.29 is 45.4 Å². The van der Waals surface area contributed by atoms with Gasteiger partial charge in [0.1, 0.15) is 18.1 Å². The van der Waals surface area contributed by atoms with Crippen LogP contribution in [-0.4, -0.2) is 50.0 Å². The summed E-state index contributed by atoms with van der Waals surface area (Å²) in [5.74, 6) is -2.37. The molecular weight excluding hydrogens is 563 g/mol. The molecule has 0 spiro atoms. The first-order valence-electron chi connectivity index (χ1n) is 11.7. The van der Waals surface area contributed by atoms with Crippen molar-refractivity contribution >= 4 is 5.91 Å². The number of fused-ring (bicyclic) bond motifs is 1. The first kappa shape index (κ1) is 28.0. The molecule has 2 atom stereocenters. The van der Waals surface area contributed by atoms with Gasteiger partial charge < -0.3 is 15.6 Å². The maximum absolute atomic E-state index is 14.8. The highest BCUT2D eigenvalue weighted by Crippen LogP contribution is 2.54. The largest absolute Gasteiger partial charge is 0.488 e. The Bertz CT molecular complexity index is 1610. The van der Waals surface area contributed by atoms with Crippen LogP contribution < -0.4 is 10.5 Å². The Hall–Kier alpha value is -4.53. The molecule has 0 saturated carbocycles. The summed E-state index contributed by atoms with van der Waals surface area (Å²) in [6.07, 6.45) is -10.2. The average Bonchev–Trinajstić information content (AvgIpc) is 3.57. The van der Waals surface area contributed by atoms with Crippen LogP contribution in [0.5, 0.6) is 5.75 Å². The Morgan fingerprint density at radius 1 is 1.07 bits per heavy atom. The Morgan fingerprint density at radius 3 is 2.34 bits per heavy atom. The number of halogens is 7. The number of aliphatic hydroxyl groups is 1. The Labute approximate surface area is 226 Å². The number of hydrogen-bond acceptors (Lipinski definition) is 6. The molecule has 0 saturated heterocycles. The van der Waals surface area contributed by atoms with Crippen LogP contribution in [0.1, 0.15) is 27.2 Å². The van der Waals surface area contributed by atoms with E-state index in [9.17, 15) is 40.6 Å². The van der Waals surface area contributed by atoms with E-state index >= 15 is 0 Å². The molecule has 0 unspecified atom stereocenters. The molecule has 41 heavy (non-hydrogen) atoms. The van der Waals surface area contributed by atoms with E-state index in [0.29, 0.717) is 10.7 Å². The van der Waals surface area contributed by atoms with E-state index in [4.69, 9.17) is 10.5 Å². The number of ether oxygens (including phenoxy) is 1. The van der Waals surface area contributed by atoms with Gasteiger partial charge in [-0.3, -0.25) is 4.79 Å². The van der Waals surface area contributed by atoms with Gasteiger partial charge in [0.25, 0.3) is 0 Å². The molecule has 0 aliphatic carbocycles. The molecule has 2 aromatic heterocycles. The van der Waals surface area contributed by atoms with Gasteiger partial charge in [-0.25, -0.2) is 14.1 Å². The molecule has 0 radical (unpaired) electrons. The number of alkyl halides is 6. The van der Waals surface area contributed by atoms with Crippen molar-refractivity contribution in [3.63, 3.8) is 0 Å². The highest BCUT2D eigenvalue weighted by Gasteiger charge is 2.65. The van der Waals surface area contributed by atoms with Crippen LogP contribution >= 0.6 is 0 Å². The van der Waals surface area contributed by atoms with Crippen molar-refractivity contribution in [1.82, 2.24) is 20.0 Å². The van der Waals surface area contributed by atoms with Gasteiger partial charge in [0.05, 0.1) is 11.9 Å². The van der Waals surface area contributed by atoms with E-state index in [1.165, 1.54) is 12.1 Å². The molecule has 1 amide bonds. The van der Waals surface area contributed by atoms with Crippen LogP contribution in [-0.2, 0) is 17.6 Å². The summed E-state index contributed by atoms with van der Waals surface area (Å²) in [4.78, 5) is 15.8. The van der Waals surface area contributed by atoms with E-state index in [-0.39, 0.29) is 16.7 Å². The van der Waals surface area contributed by atoms with Gasteiger partial charge in [0.2, 0.25) is 17.0 Å². The summed E-state index contributed by atoms with van der Waals surface area (Å²) in [5.41, 5.74) is -5.16. The Balaban J connectivity index is 1.83. The van der Waals surface area contributed by atoms with E-state index in [1.807, 2.05) is 0 Å². The zero-order valence-corrected chi connectivity index (χ0v) is 20.5. The average molecular weight is 581 g/mol. The number of hydrogen-bond donors (Lipinski definition) is 2. The number of benzene rings is 2. The summed E-state index contributed by atoms with van der Waals surface area (Å²) < 4.78 is 108. The van der Waals surface area contributed by atoms with Crippen LogP contribution in [0, 0.1) is 5.82 Å². The fourth-order valence-corrected chi connectivity index (χ4v) is 4.75. The van der Waals surface area contributed by atoms with Gasteiger partial charge in [0.15, 0.2) is 5.75 Å². The molecule has 1 aliphatic rings. The highest BCUT2D eigenvalue weighted by atomic mass is 19.4.